The zero-order valence-corrected chi connectivity index (χ0v) is 12.5. The first-order chi connectivity index (χ1) is 10.3. The Bertz CT molecular complexity index is 745. The van der Waals surface area contributed by atoms with Crippen molar-refractivity contribution < 1.29 is 4.79 Å². The van der Waals surface area contributed by atoms with Crippen LogP contribution in [0, 0.1) is 0 Å². The largest absolute Gasteiger partial charge is 0.351 e. The average molecular weight is 303 g/mol. The third kappa shape index (κ3) is 3.05. The van der Waals surface area contributed by atoms with E-state index in [1.165, 1.54) is 40.3 Å². The van der Waals surface area contributed by atoms with Crippen LogP contribution >= 0.6 is 11.3 Å². The summed E-state index contributed by atoms with van der Waals surface area (Å²) in [7, 11) is 0. The van der Waals surface area contributed by atoms with Gasteiger partial charge >= 0.3 is 0 Å². The van der Waals surface area contributed by atoms with E-state index in [0.717, 1.165) is 19.3 Å². The minimum absolute atomic E-state index is 0.100. The molecule has 0 unspecified atom stereocenters. The summed E-state index contributed by atoms with van der Waals surface area (Å²) in [4.78, 5) is 29.0. The van der Waals surface area contributed by atoms with E-state index in [1.54, 1.807) is 11.6 Å². The number of allylic oxidation sites excluding steroid dienone is 1. The summed E-state index contributed by atoms with van der Waals surface area (Å²) in [5, 5.41) is 4.59. The third-order valence-corrected chi connectivity index (χ3v) is 4.47. The van der Waals surface area contributed by atoms with Crippen LogP contribution in [0.25, 0.3) is 4.96 Å². The molecule has 110 valence electrons. The third-order valence-electron chi connectivity index (χ3n) is 3.70. The lowest BCUT2D eigenvalue weighted by atomic mass is 9.97. The quantitative estimate of drug-likeness (QED) is 0.882. The van der Waals surface area contributed by atoms with Crippen molar-refractivity contribution in [3.05, 3.63) is 45.3 Å². The standard InChI is InChI=1S/C15H17N3O2S/c19-13(16-7-6-11-4-2-1-3-5-11)12-10-17-15-18(14(12)20)8-9-21-15/h4,8-10H,1-3,5-7H2,(H,16,19). The van der Waals surface area contributed by atoms with Gasteiger partial charge in [0.25, 0.3) is 11.5 Å². The van der Waals surface area contributed by atoms with Crippen LogP contribution in [0.15, 0.2) is 34.2 Å². The molecule has 3 rings (SSSR count). The Labute approximate surface area is 126 Å². The lowest BCUT2D eigenvalue weighted by Gasteiger charge is -2.12. The number of nitrogens with one attached hydrogen (secondary N) is 1. The Morgan fingerprint density at radius 1 is 1.43 bits per heavy atom. The van der Waals surface area contributed by atoms with Crippen LogP contribution in [0.2, 0.25) is 0 Å². The first kappa shape index (κ1) is 14.0. The fraction of sp³-hybridized carbons (Fsp3) is 0.400. The van der Waals surface area contributed by atoms with Gasteiger partial charge in [0, 0.05) is 24.3 Å². The van der Waals surface area contributed by atoms with Crippen LogP contribution in [-0.4, -0.2) is 21.8 Å². The van der Waals surface area contributed by atoms with Crippen molar-refractivity contribution in [2.75, 3.05) is 6.54 Å². The van der Waals surface area contributed by atoms with Crippen molar-refractivity contribution in [2.24, 2.45) is 0 Å². The first-order valence-electron chi connectivity index (χ1n) is 7.16. The first-order valence-corrected chi connectivity index (χ1v) is 8.04. The van der Waals surface area contributed by atoms with Gasteiger partial charge in [0.1, 0.15) is 5.56 Å². The summed E-state index contributed by atoms with van der Waals surface area (Å²) in [6.45, 7) is 0.566. The molecule has 0 saturated heterocycles. The number of rotatable bonds is 4. The molecule has 2 aromatic rings. The molecule has 0 bridgehead atoms. The molecule has 1 aliphatic rings. The number of hydrogen-bond donors (Lipinski definition) is 1. The molecule has 0 spiro atoms. The molecule has 1 aliphatic carbocycles. The fourth-order valence-corrected chi connectivity index (χ4v) is 3.22. The van der Waals surface area contributed by atoms with Gasteiger partial charge in [-0.15, -0.1) is 11.3 Å². The van der Waals surface area contributed by atoms with E-state index in [0.29, 0.717) is 11.5 Å². The Morgan fingerprint density at radius 3 is 3.14 bits per heavy atom. The second-order valence-corrected chi connectivity index (χ2v) is 6.02. The van der Waals surface area contributed by atoms with E-state index >= 15 is 0 Å². The fourth-order valence-electron chi connectivity index (χ4n) is 2.54. The van der Waals surface area contributed by atoms with Crippen molar-refractivity contribution in [3.63, 3.8) is 0 Å². The zero-order chi connectivity index (χ0) is 14.7. The molecule has 1 amide bonds. The number of carbonyl (C=O) groups is 1. The van der Waals surface area contributed by atoms with E-state index in [2.05, 4.69) is 16.4 Å². The molecule has 0 fully saturated rings. The summed E-state index contributed by atoms with van der Waals surface area (Å²) < 4.78 is 1.41. The molecule has 2 aromatic heterocycles. The number of hydrogen-bond acceptors (Lipinski definition) is 4. The van der Waals surface area contributed by atoms with E-state index in [9.17, 15) is 9.59 Å². The predicted octanol–water partition coefficient (Wildman–Crippen LogP) is 2.38. The Balaban J connectivity index is 1.65. The second kappa shape index (κ2) is 6.22. The van der Waals surface area contributed by atoms with E-state index in [4.69, 9.17) is 0 Å². The minimum atomic E-state index is -0.343. The van der Waals surface area contributed by atoms with Gasteiger partial charge in [-0.2, -0.15) is 0 Å². The summed E-state index contributed by atoms with van der Waals surface area (Å²) in [6.07, 6.45) is 10.9. The maximum atomic E-state index is 12.2. The normalized spacial score (nSPS) is 15.0. The number of amides is 1. The highest BCUT2D eigenvalue weighted by Gasteiger charge is 2.13. The van der Waals surface area contributed by atoms with Crippen LogP contribution in [0.1, 0.15) is 42.5 Å². The maximum absolute atomic E-state index is 12.2. The Hall–Kier alpha value is -1.95. The molecule has 0 aliphatic heterocycles. The van der Waals surface area contributed by atoms with Gasteiger partial charge < -0.3 is 5.32 Å². The topological polar surface area (TPSA) is 63.5 Å². The van der Waals surface area contributed by atoms with Gasteiger partial charge in [-0.25, -0.2) is 4.98 Å². The van der Waals surface area contributed by atoms with Crippen molar-refractivity contribution in [1.29, 1.82) is 0 Å². The zero-order valence-electron chi connectivity index (χ0n) is 11.7. The van der Waals surface area contributed by atoms with Crippen LogP contribution in [0.5, 0.6) is 0 Å². The number of aromatic nitrogens is 2. The highest BCUT2D eigenvalue weighted by Crippen LogP contribution is 2.19. The van der Waals surface area contributed by atoms with Crippen LogP contribution in [0.3, 0.4) is 0 Å². The molecule has 0 radical (unpaired) electrons. The molecule has 2 heterocycles. The molecule has 21 heavy (non-hydrogen) atoms. The predicted molar refractivity (Wildman–Crippen MR) is 82.8 cm³/mol. The highest BCUT2D eigenvalue weighted by atomic mass is 32.1. The van der Waals surface area contributed by atoms with Crippen LogP contribution in [0.4, 0.5) is 0 Å². The monoisotopic (exact) mass is 303 g/mol. The molecule has 0 atom stereocenters. The molecule has 6 heteroatoms. The van der Waals surface area contributed by atoms with Crippen LogP contribution < -0.4 is 10.9 Å². The minimum Gasteiger partial charge on any atom is -0.351 e. The summed E-state index contributed by atoms with van der Waals surface area (Å²) in [5.74, 6) is -0.343. The maximum Gasteiger partial charge on any atom is 0.271 e. The lowest BCUT2D eigenvalue weighted by Crippen LogP contribution is -2.31. The summed E-state index contributed by atoms with van der Waals surface area (Å²) >= 11 is 1.37. The average Bonchev–Trinajstić information content (AvgIpc) is 2.98. The van der Waals surface area contributed by atoms with E-state index in [1.807, 2.05) is 0 Å². The Morgan fingerprint density at radius 2 is 2.33 bits per heavy atom. The van der Waals surface area contributed by atoms with Gasteiger partial charge in [0.2, 0.25) is 0 Å². The molecular formula is C15H17N3O2S. The molecular weight excluding hydrogens is 286 g/mol. The lowest BCUT2D eigenvalue weighted by molar-refractivity contribution is 0.0952. The van der Waals surface area contributed by atoms with E-state index < -0.39 is 0 Å². The Kier molecular flexibility index (Phi) is 4.15. The number of fused-ring (bicyclic) bond motifs is 1. The summed E-state index contributed by atoms with van der Waals surface area (Å²) in [6, 6.07) is 0. The van der Waals surface area contributed by atoms with Gasteiger partial charge in [-0.05, 0) is 32.1 Å². The number of nitrogens with zero attached hydrogens (tertiary/aromatic N) is 2. The van der Waals surface area contributed by atoms with Crippen LogP contribution in [-0.2, 0) is 0 Å². The molecule has 0 saturated carbocycles. The van der Waals surface area contributed by atoms with Crippen molar-refractivity contribution in [1.82, 2.24) is 14.7 Å². The van der Waals surface area contributed by atoms with Crippen molar-refractivity contribution in [3.8, 4) is 0 Å². The van der Waals surface area contributed by atoms with Crippen molar-refractivity contribution in [2.45, 2.75) is 32.1 Å². The molecule has 1 N–H and O–H groups in total. The van der Waals surface area contributed by atoms with Gasteiger partial charge in [0.05, 0.1) is 0 Å². The van der Waals surface area contributed by atoms with Gasteiger partial charge in [0.15, 0.2) is 4.96 Å². The second-order valence-electron chi connectivity index (χ2n) is 5.15. The van der Waals surface area contributed by atoms with Gasteiger partial charge in [-0.3, -0.25) is 14.0 Å². The van der Waals surface area contributed by atoms with E-state index in [-0.39, 0.29) is 17.0 Å². The highest BCUT2D eigenvalue weighted by molar-refractivity contribution is 7.15. The van der Waals surface area contributed by atoms with Gasteiger partial charge in [-0.1, -0.05) is 11.6 Å². The SMILES string of the molecule is O=C(NCCC1=CCCCC1)c1cnc2sccn2c1=O. The molecule has 5 nitrogen and oxygen atoms in total. The number of thiazole rings is 1. The van der Waals surface area contributed by atoms with Crippen molar-refractivity contribution >= 4 is 22.2 Å². The number of carbonyl (C=O) groups excluding carboxylic acids is 1. The summed E-state index contributed by atoms with van der Waals surface area (Å²) in [5.41, 5.74) is 1.20. The molecule has 0 aromatic carbocycles. The smallest absolute Gasteiger partial charge is 0.271 e.